The molecule has 0 spiro atoms. The van der Waals surface area contributed by atoms with Gasteiger partial charge in [-0.1, -0.05) is 72.9 Å². The predicted molar refractivity (Wildman–Crippen MR) is 98.2 cm³/mol. The molecular formula is C23H18. The first-order valence-electron chi connectivity index (χ1n) is 8.38. The molecule has 0 nitrogen and oxygen atoms in total. The van der Waals surface area contributed by atoms with Crippen LogP contribution in [0.2, 0.25) is 0 Å². The van der Waals surface area contributed by atoms with Crippen LogP contribution in [0, 0.1) is 0 Å². The van der Waals surface area contributed by atoms with Gasteiger partial charge in [0.05, 0.1) is 0 Å². The minimum Gasteiger partial charge on any atom is -0.0801 e. The molecule has 3 aliphatic rings. The summed E-state index contributed by atoms with van der Waals surface area (Å²) in [5, 5.41) is 0. The molecule has 2 aromatic carbocycles. The number of rotatable bonds is 2. The first kappa shape index (κ1) is 12.9. The molecule has 0 aromatic heterocycles. The molecule has 0 N–H and O–H groups in total. The summed E-state index contributed by atoms with van der Waals surface area (Å²) in [7, 11) is 0. The lowest BCUT2D eigenvalue weighted by molar-refractivity contribution is 1.25. The molecule has 0 aliphatic heterocycles. The highest BCUT2D eigenvalue weighted by Crippen LogP contribution is 2.46. The van der Waals surface area contributed by atoms with Crippen molar-refractivity contribution in [1.82, 2.24) is 0 Å². The summed E-state index contributed by atoms with van der Waals surface area (Å²) in [6, 6.07) is 13.6. The number of fused-ring (bicyclic) bond motifs is 3. The Hall–Kier alpha value is -2.60. The highest BCUT2D eigenvalue weighted by atomic mass is 14.3. The highest BCUT2D eigenvalue weighted by Gasteiger charge is 2.26. The first-order valence-corrected chi connectivity index (χ1v) is 8.38. The van der Waals surface area contributed by atoms with Gasteiger partial charge in [0.1, 0.15) is 0 Å². The molecule has 0 heteroatoms. The molecule has 0 fully saturated rings. The van der Waals surface area contributed by atoms with E-state index in [0.29, 0.717) is 0 Å². The van der Waals surface area contributed by atoms with Crippen molar-refractivity contribution in [2.24, 2.45) is 0 Å². The van der Waals surface area contributed by atoms with Crippen LogP contribution < -0.4 is 0 Å². The van der Waals surface area contributed by atoms with Crippen LogP contribution in [0.15, 0.2) is 72.9 Å². The Morgan fingerprint density at radius 1 is 0.609 bits per heavy atom. The Balaban J connectivity index is 1.80. The zero-order valence-electron chi connectivity index (χ0n) is 13.0. The Kier molecular flexibility index (Phi) is 2.78. The third-order valence-electron chi connectivity index (χ3n) is 5.17. The summed E-state index contributed by atoms with van der Waals surface area (Å²) in [6.45, 7) is 0. The molecule has 0 radical (unpaired) electrons. The average molecular weight is 294 g/mol. The molecule has 0 amide bonds. The van der Waals surface area contributed by atoms with Crippen molar-refractivity contribution in [3.8, 4) is 11.1 Å². The van der Waals surface area contributed by atoms with Gasteiger partial charge in [-0.3, -0.25) is 0 Å². The quantitative estimate of drug-likeness (QED) is 0.548. The molecule has 2 aromatic rings. The Morgan fingerprint density at radius 3 is 2.17 bits per heavy atom. The van der Waals surface area contributed by atoms with Gasteiger partial charge in [0.25, 0.3) is 0 Å². The van der Waals surface area contributed by atoms with Crippen molar-refractivity contribution in [2.75, 3.05) is 0 Å². The van der Waals surface area contributed by atoms with Gasteiger partial charge in [-0.25, -0.2) is 0 Å². The van der Waals surface area contributed by atoms with Crippen molar-refractivity contribution in [3.63, 3.8) is 0 Å². The van der Waals surface area contributed by atoms with E-state index in [-0.39, 0.29) is 0 Å². The standard InChI is InChI=1S/C23H18/c1-2-8-16(7-1)21-14-13-19-15-18-11-5-6-12-20(18)23(19)22(21)17-9-3-4-10-17/h1-7,9,11-14H,8,10,15H2. The number of hydrogen-bond donors (Lipinski definition) is 0. The largest absolute Gasteiger partial charge is 0.0801 e. The number of benzene rings is 2. The van der Waals surface area contributed by atoms with Crippen LogP contribution in [0.5, 0.6) is 0 Å². The maximum atomic E-state index is 2.35. The molecule has 0 atom stereocenters. The highest BCUT2D eigenvalue weighted by molar-refractivity contribution is 5.95. The van der Waals surface area contributed by atoms with Gasteiger partial charge in [0.2, 0.25) is 0 Å². The molecule has 0 saturated carbocycles. The van der Waals surface area contributed by atoms with Gasteiger partial charge >= 0.3 is 0 Å². The zero-order valence-corrected chi connectivity index (χ0v) is 13.0. The summed E-state index contributed by atoms with van der Waals surface area (Å²) in [5.41, 5.74) is 11.6. The average Bonchev–Trinajstić information content (AvgIpc) is 3.33. The van der Waals surface area contributed by atoms with E-state index in [1.54, 1.807) is 0 Å². The monoisotopic (exact) mass is 294 g/mol. The first-order chi connectivity index (χ1) is 11.4. The fraction of sp³-hybridized carbons (Fsp3) is 0.130. The van der Waals surface area contributed by atoms with Crippen molar-refractivity contribution in [3.05, 3.63) is 95.1 Å². The van der Waals surface area contributed by atoms with Crippen molar-refractivity contribution in [2.45, 2.75) is 19.3 Å². The number of allylic oxidation sites excluding steroid dienone is 8. The molecule has 0 saturated heterocycles. The topological polar surface area (TPSA) is 0 Å². The SMILES string of the molecule is C1=CCC(c2ccc3c(c2C2=CC=CC2)-c2ccccc2C3)=C1. The normalized spacial score (nSPS) is 17.2. The lowest BCUT2D eigenvalue weighted by atomic mass is 9.86. The minimum absolute atomic E-state index is 1.05. The fourth-order valence-corrected chi connectivity index (χ4v) is 4.11. The predicted octanol–water partition coefficient (Wildman–Crippen LogP) is 5.94. The second-order valence-corrected chi connectivity index (χ2v) is 6.50. The number of hydrogen-bond acceptors (Lipinski definition) is 0. The summed E-state index contributed by atoms with van der Waals surface area (Å²) < 4.78 is 0. The van der Waals surface area contributed by atoms with E-state index >= 15 is 0 Å². The van der Waals surface area contributed by atoms with Crippen LogP contribution in [0.4, 0.5) is 0 Å². The molecular weight excluding hydrogens is 276 g/mol. The smallest absolute Gasteiger partial charge is 0.00132 e. The second-order valence-electron chi connectivity index (χ2n) is 6.50. The molecule has 0 bridgehead atoms. The van der Waals surface area contributed by atoms with E-state index in [0.717, 1.165) is 19.3 Å². The van der Waals surface area contributed by atoms with Crippen LogP contribution in [-0.4, -0.2) is 0 Å². The van der Waals surface area contributed by atoms with Crippen LogP contribution in [0.25, 0.3) is 22.3 Å². The fourth-order valence-electron chi connectivity index (χ4n) is 4.11. The van der Waals surface area contributed by atoms with Crippen LogP contribution >= 0.6 is 0 Å². The van der Waals surface area contributed by atoms with Gasteiger partial charge in [-0.2, -0.15) is 0 Å². The molecule has 0 heterocycles. The Bertz CT molecular complexity index is 933. The summed E-state index contributed by atoms with van der Waals surface area (Å²) in [4.78, 5) is 0. The van der Waals surface area contributed by atoms with Gasteiger partial charge in [0.15, 0.2) is 0 Å². The van der Waals surface area contributed by atoms with E-state index < -0.39 is 0 Å². The van der Waals surface area contributed by atoms with E-state index in [1.807, 2.05) is 0 Å². The van der Waals surface area contributed by atoms with E-state index in [9.17, 15) is 0 Å². The minimum atomic E-state index is 1.05. The Labute approximate surface area is 137 Å². The zero-order chi connectivity index (χ0) is 15.2. The van der Waals surface area contributed by atoms with Gasteiger partial charge in [-0.05, 0) is 63.8 Å². The van der Waals surface area contributed by atoms with Gasteiger partial charge < -0.3 is 0 Å². The Morgan fingerprint density at radius 2 is 1.39 bits per heavy atom. The molecule has 110 valence electrons. The van der Waals surface area contributed by atoms with Crippen LogP contribution in [0.1, 0.15) is 35.1 Å². The van der Waals surface area contributed by atoms with Crippen LogP contribution in [-0.2, 0) is 6.42 Å². The summed E-state index contributed by atoms with van der Waals surface area (Å²) in [5.74, 6) is 0. The van der Waals surface area contributed by atoms with Crippen molar-refractivity contribution < 1.29 is 0 Å². The third-order valence-corrected chi connectivity index (χ3v) is 5.17. The lowest BCUT2D eigenvalue weighted by Crippen LogP contribution is -1.97. The second kappa shape index (κ2) is 4.96. The maximum Gasteiger partial charge on any atom is -0.00132 e. The van der Waals surface area contributed by atoms with E-state index in [2.05, 4.69) is 72.9 Å². The van der Waals surface area contributed by atoms with Crippen LogP contribution in [0.3, 0.4) is 0 Å². The van der Waals surface area contributed by atoms with Crippen molar-refractivity contribution in [1.29, 1.82) is 0 Å². The summed E-state index contributed by atoms with van der Waals surface area (Å²) >= 11 is 0. The van der Waals surface area contributed by atoms with Gasteiger partial charge in [-0.15, -0.1) is 0 Å². The van der Waals surface area contributed by atoms with Crippen molar-refractivity contribution >= 4 is 11.1 Å². The molecule has 3 aliphatic carbocycles. The van der Waals surface area contributed by atoms with Gasteiger partial charge in [0, 0.05) is 0 Å². The third kappa shape index (κ3) is 1.91. The summed E-state index contributed by atoms with van der Waals surface area (Å²) in [6.07, 6.45) is 16.6. The molecule has 0 unspecified atom stereocenters. The lowest BCUT2D eigenvalue weighted by Gasteiger charge is -2.18. The van der Waals surface area contributed by atoms with E-state index in [1.165, 1.54) is 44.5 Å². The maximum absolute atomic E-state index is 2.35. The molecule has 23 heavy (non-hydrogen) atoms. The molecule has 5 rings (SSSR count). The van der Waals surface area contributed by atoms with E-state index in [4.69, 9.17) is 0 Å².